The van der Waals surface area contributed by atoms with Crippen molar-refractivity contribution in [2.45, 2.75) is 13.3 Å². The van der Waals surface area contributed by atoms with E-state index in [9.17, 15) is 19.7 Å². The van der Waals surface area contributed by atoms with E-state index >= 15 is 0 Å². The summed E-state index contributed by atoms with van der Waals surface area (Å²) >= 11 is 0. The summed E-state index contributed by atoms with van der Waals surface area (Å²) in [5, 5.41) is 13.5. The van der Waals surface area contributed by atoms with Gasteiger partial charge >= 0.3 is 0 Å². The average Bonchev–Trinajstić information content (AvgIpc) is 3.03. The SMILES string of the molecule is CC(=O)N1CCc2cc(NC(=O)/C=C/c3cccc([N+](=O)[O-])c3)ccc21. The average molecular weight is 351 g/mol. The zero-order valence-electron chi connectivity index (χ0n) is 14.1. The summed E-state index contributed by atoms with van der Waals surface area (Å²) in [6.07, 6.45) is 3.60. The van der Waals surface area contributed by atoms with Gasteiger partial charge in [0.1, 0.15) is 0 Å². The van der Waals surface area contributed by atoms with Gasteiger partial charge in [0.15, 0.2) is 0 Å². The van der Waals surface area contributed by atoms with Gasteiger partial charge in [-0.3, -0.25) is 19.7 Å². The van der Waals surface area contributed by atoms with E-state index in [1.807, 2.05) is 12.1 Å². The molecule has 0 atom stereocenters. The Labute approximate surface area is 150 Å². The van der Waals surface area contributed by atoms with E-state index in [4.69, 9.17) is 0 Å². The first-order valence-electron chi connectivity index (χ1n) is 8.08. The fourth-order valence-corrected chi connectivity index (χ4v) is 2.90. The minimum absolute atomic E-state index is 0.000392. The highest BCUT2D eigenvalue weighted by Crippen LogP contribution is 2.30. The van der Waals surface area contributed by atoms with Gasteiger partial charge in [0.2, 0.25) is 11.8 Å². The zero-order chi connectivity index (χ0) is 18.7. The third-order valence-corrected chi connectivity index (χ3v) is 4.13. The van der Waals surface area contributed by atoms with Gasteiger partial charge < -0.3 is 10.2 Å². The number of amides is 2. The van der Waals surface area contributed by atoms with Crippen molar-refractivity contribution in [3.63, 3.8) is 0 Å². The number of hydrogen-bond donors (Lipinski definition) is 1. The van der Waals surface area contributed by atoms with Crippen LogP contribution in [0, 0.1) is 10.1 Å². The molecule has 7 nitrogen and oxygen atoms in total. The quantitative estimate of drug-likeness (QED) is 0.520. The third-order valence-electron chi connectivity index (χ3n) is 4.13. The number of nitro benzene ring substituents is 1. The molecule has 0 radical (unpaired) electrons. The monoisotopic (exact) mass is 351 g/mol. The number of fused-ring (bicyclic) bond motifs is 1. The molecule has 1 heterocycles. The van der Waals surface area contributed by atoms with Crippen LogP contribution in [0.2, 0.25) is 0 Å². The first-order valence-corrected chi connectivity index (χ1v) is 8.08. The molecule has 2 aromatic rings. The van der Waals surface area contributed by atoms with Gasteiger partial charge in [0.25, 0.3) is 5.69 Å². The maximum Gasteiger partial charge on any atom is 0.270 e. The minimum Gasteiger partial charge on any atom is -0.323 e. The number of carbonyl (C=O) groups excluding carboxylic acids is 2. The molecule has 1 aliphatic rings. The van der Waals surface area contributed by atoms with Gasteiger partial charge in [0, 0.05) is 43.1 Å². The second-order valence-electron chi connectivity index (χ2n) is 5.94. The molecule has 1 N–H and O–H groups in total. The highest BCUT2D eigenvalue weighted by molar-refractivity contribution is 6.02. The molecule has 0 saturated heterocycles. The molecule has 0 saturated carbocycles. The Hall–Kier alpha value is -3.48. The summed E-state index contributed by atoms with van der Waals surface area (Å²) in [6.45, 7) is 2.18. The predicted octanol–water partition coefficient (Wildman–Crippen LogP) is 3.16. The molecule has 1 aliphatic heterocycles. The molecule has 0 bridgehead atoms. The highest BCUT2D eigenvalue weighted by atomic mass is 16.6. The van der Waals surface area contributed by atoms with Crippen molar-refractivity contribution < 1.29 is 14.5 Å². The number of nitrogens with one attached hydrogen (secondary N) is 1. The lowest BCUT2D eigenvalue weighted by molar-refractivity contribution is -0.384. The molecule has 2 aromatic carbocycles. The number of carbonyl (C=O) groups is 2. The van der Waals surface area contributed by atoms with Crippen LogP contribution in [0.5, 0.6) is 0 Å². The Morgan fingerprint density at radius 1 is 1.23 bits per heavy atom. The Morgan fingerprint density at radius 2 is 2.04 bits per heavy atom. The Morgan fingerprint density at radius 3 is 2.77 bits per heavy atom. The Balaban J connectivity index is 1.68. The van der Waals surface area contributed by atoms with Crippen molar-refractivity contribution in [1.82, 2.24) is 0 Å². The van der Waals surface area contributed by atoms with Crippen molar-refractivity contribution in [2.75, 3.05) is 16.8 Å². The van der Waals surface area contributed by atoms with E-state index in [-0.39, 0.29) is 17.5 Å². The van der Waals surface area contributed by atoms with E-state index < -0.39 is 4.92 Å². The number of hydrogen-bond acceptors (Lipinski definition) is 4. The molecule has 26 heavy (non-hydrogen) atoms. The fraction of sp³-hybridized carbons (Fsp3) is 0.158. The van der Waals surface area contributed by atoms with E-state index in [0.29, 0.717) is 17.8 Å². The van der Waals surface area contributed by atoms with Crippen molar-refractivity contribution in [3.8, 4) is 0 Å². The van der Waals surface area contributed by atoms with Gasteiger partial charge in [-0.2, -0.15) is 0 Å². The van der Waals surface area contributed by atoms with E-state index in [0.717, 1.165) is 17.7 Å². The van der Waals surface area contributed by atoms with Gasteiger partial charge in [-0.05, 0) is 41.8 Å². The molecule has 7 heteroatoms. The summed E-state index contributed by atoms with van der Waals surface area (Å²) in [4.78, 5) is 35.6. The smallest absolute Gasteiger partial charge is 0.270 e. The van der Waals surface area contributed by atoms with Gasteiger partial charge in [-0.15, -0.1) is 0 Å². The normalized spacial score (nSPS) is 12.9. The minimum atomic E-state index is -0.480. The first-order chi connectivity index (χ1) is 12.4. The second-order valence-corrected chi connectivity index (χ2v) is 5.94. The number of non-ortho nitro benzene ring substituents is 1. The standard InChI is InChI=1S/C19H17N3O4/c1-13(23)21-10-9-15-12-16(6-7-18(15)21)20-19(24)8-5-14-3-2-4-17(11-14)22(25)26/h2-8,11-12H,9-10H2,1H3,(H,20,24)/b8-5+. The van der Waals surface area contributed by atoms with Gasteiger partial charge in [0.05, 0.1) is 4.92 Å². The summed E-state index contributed by atoms with van der Waals surface area (Å²) in [7, 11) is 0. The number of benzene rings is 2. The number of nitrogens with zero attached hydrogens (tertiary/aromatic N) is 2. The van der Waals surface area contributed by atoms with Crippen LogP contribution in [0.25, 0.3) is 6.08 Å². The Kier molecular flexibility index (Phi) is 4.79. The van der Waals surface area contributed by atoms with E-state index in [1.165, 1.54) is 31.2 Å². The van der Waals surface area contributed by atoms with Crippen molar-refractivity contribution in [3.05, 3.63) is 69.8 Å². The highest BCUT2D eigenvalue weighted by Gasteiger charge is 2.22. The zero-order valence-corrected chi connectivity index (χ0v) is 14.1. The second kappa shape index (κ2) is 7.18. The maximum atomic E-state index is 12.1. The van der Waals surface area contributed by atoms with Crippen LogP contribution in [0.15, 0.2) is 48.5 Å². The molecule has 0 aromatic heterocycles. The third kappa shape index (κ3) is 3.77. The van der Waals surface area contributed by atoms with E-state index in [2.05, 4.69) is 5.32 Å². The summed E-state index contributed by atoms with van der Waals surface area (Å²) in [6, 6.07) is 11.5. The van der Waals surface area contributed by atoms with Crippen molar-refractivity contribution in [2.24, 2.45) is 0 Å². The number of nitro groups is 1. The topological polar surface area (TPSA) is 92.6 Å². The fourth-order valence-electron chi connectivity index (χ4n) is 2.90. The molecule has 3 rings (SSSR count). The lowest BCUT2D eigenvalue weighted by atomic mass is 10.1. The molecule has 0 fully saturated rings. The van der Waals surface area contributed by atoms with Crippen LogP contribution >= 0.6 is 0 Å². The molecular weight excluding hydrogens is 334 g/mol. The molecule has 0 unspecified atom stereocenters. The van der Waals surface area contributed by atoms with Crippen LogP contribution in [0.1, 0.15) is 18.1 Å². The maximum absolute atomic E-state index is 12.1. The summed E-state index contributed by atoms with van der Waals surface area (Å²) < 4.78 is 0. The van der Waals surface area contributed by atoms with Crippen molar-refractivity contribution >= 4 is 35.0 Å². The van der Waals surface area contributed by atoms with Crippen LogP contribution in [-0.2, 0) is 16.0 Å². The number of anilines is 2. The summed E-state index contributed by atoms with van der Waals surface area (Å²) in [5.74, 6) is -0.335. The number of rotatable bonds is 4. The molecular formula is C19H17N3O4. The largest absolute Gasteiger partial charge is 0.323 e. The molecule has 0 aliphatic carbocycles. The molecule has 132 valence electrons. The Bertz CT molecular complexity index is 921. The lowest BCUT2D eigenvalue weighted by Gasteiger charge is -2.14. The summed E-state index contributed by atoms with van der Waals surface area (Å²) in [5.41, 5.74) is 3.08. The predicted molar refractivity (Wildman–Crippen MR) is 98.9 cm³/mol. The molecule has 2 amide bonds. The lowest BCUT2D eigenvalue weighted by Crippen LogP contribution is -2.25. The van der Waals surface area contributed by atoms with Gasteiger partial charge in [-0.1, -0.05) is 12.1 Å². The van der Waals surface area contributed by atoms with Crippen molar-refractivity contribution in [1.29, 1.82) is 0 Å². The molecule has 0 spiro atoms. The van der Waals surface area contributed by atoms with E-state index in [1.54, 1.807) is 23.1 Å². The van der Waals surface area contributed by atoms with Crippen LogP contribution in [-0.4, -0.2) is 23.3 Å². The van der Waals surface area contributed by atoms with Crippen LogP contribution in [0.4, 0.5) is 17.1 Å². The van der Waals surface area contributed by atoms with Crippen LogP contribution in [0.3, 0.4) is 0 Å². The van der Waals surface area contributed by atoms with Gasteiger partial charge in [-0.25, -0.2) is 0 Å². The first kappa shape index (κ1) is 17.3. The van der Waals surface area contributed by atoms with Crippen LogP contribution < -0.4 is 10.2 Å².